The van der Waals surface area contributed by atoms with Crippen molar-refractivity contribution >= 4 is 21.8 Å². The number of fused-ring (bicyclic) bond motifs is 1. The Kier molecular flexibility index (Phi) is 7.43. The molecular weight excluding hydrogens is 338 g/mol. The number of benzene rings is 1. The first-order valence-electron chi connectivity index (χ1n) is 8.98. The van der Waals surface area contributed by atoms with Gasteiger partial charge in [-0.1, -0.05) is 38.3 Å². The molecule has 1 aromatic rings. The topological polar surface area (TPSA) is 87.6 Å². The number of unbranched alkanes of at least 4 members (excludes halogenated alkanes) is 4. The Hall–Kier alpha value is -1.89. The normalized spacial score (nSPS) is 16.4. The van der Waals surface area contributed by atoms with Crippen molar-refractivity contribution in [2.45, 2.75) is 56.8 Å². The minimum Gasteiger partial charge on any atom is -0.356 e. The van der Waals surface area contributed by atoms with Crippen LogP contribution in [-0.2, 0) is 14.8 Å². The lowest BCUT2D eigenvalue weighted by atomic mass is 10.2. The molecule has 0 radical (unpaired) electrons. The number of nitrogens with zero attached hydrogens (tertiary/aromatic N) is 1. The summed E-state index contributed by atoms with van der Waals surface area (Å²) in [6, 6.07) is 6.85. The highest BCUT2D eigenvalue weighted by atomic mass is 32.2. The fourth-order valence-corrected chi connectivity index (χ4v) is 3.96. The smallest absolute Gasteiger partial charge is 0.263 e. The fraction of sp³-hybridized carbons (Fsp3) is 0.556. The van der Waals surface area contributed by atoms with E-state index in [1.54, 1.807) is 24.3 Å². The van der Waals surface area contributed by atoms with Crippen LogP contribution in [-0.4, -0.2) is 33.3 Å². The van der Waals surface area contributed by atoms with E-state index in [2.05, 4.69) is 22.0 Å². The van der Waals surface area contributed by atoms with Gasteiger partial charge in [-0.15, -0.1) is 0 Å². The van der Waals surface area contributed by atoms with Crippen molar-refractivity contribution in [3.05, 3.63) is 29.8 Å². The van der Waals surface area contributed by atoms with Gasteiger partial charge in [0.25, 0.3) is 10.0 Å². The zero-order chi connectivity index (χ0) is 18.1. The SMILES string of the molecule is CCCCCNC(=O)CCCCCN=C1NS(=O)(=O)c2ccccc21. The minimum absolute atomic E-state index is 0.111. The van der Waals surface area contributed by atoms with Crippen LogP contribution in [0, 0.1) is 0 Å². The molecule has 25 heavy (non-hydrogen) atoms. The maximum absolute atomic E-state index is 12.0. The van der Waals surface area contributed by atoms with Crippen molar-refractivity contribution in [1.29, 1.82) is 0 Å². The lowest BCUT2D eigenvalue weighted by Gasteiger charge is -2.04. The summed E-state index contributed by atoms with van der Waals surface area (Å²) in [5.74, 6) is 0.532. The highest BCUT2D eigenvalue weighted by Gasteiger charge is 2.29. The largest absolute Gasteiger partial charge is 0.356 e. The van der Waals surface area contributed by atoms with E-state index >= 15 is 0 Å². The van der Waals surface area contributed by atoms with Crippen LogP contribution in [0.4, 0.5) is 0 Å². The number of carbonyl (C=O) groups is 1. The second kappa shape index (κ2) is 9.56. The number of hydrogen-bond donors (Lipinski definition) is 2. The summed E-state index contributed by atoms with van der Waals surface area (Å²) < 4.78 is 26.4. The second-order valence-corrected chi connectivity index (χ2v) is 7.85. The van der Waals surface area contributed by atoms with Crippen LogP contribution in [0.3, 0.4) is 0 Å². The van der Waals surface area contributed by atoms with Crippen molar-refractivity contribution in [3.8, 4) is 0 Å². The summed E-state index contributed by atoms with van der Waals surface area (Å²) in [5.41, 5.74) is 0.633. The molecule has 1 aliphatic heterocycles. The van der Waals surface area contributed by atoms with Crippen LogP contribution >= 0.6 is 0 Å². The summed E-state index contributed by atoms with van der Waals surface area (Å²) in [6.45, 7) is 3.45. The molecule has 1 aliphatic rings. The minimum atomic E-state index is -3.46. The third kappa shape index (κ3) is 5.85. The summed E-state index contributed by atoms with van der Waals surface area (Å²) in [6.07, 6.45) is 6.43. The number of carbonyl (C=O) groups excluding carboxylic acids is 1. The summed E-state index contributed by atoms with van der Waals surface area (Å²) in [7, 11) is -3.46. The lowest BCUT2D eigenvalue weighted by molar-refractivity contribution is -0.121. The molecule has 0 bridgehead atoms. The Morgan fingerprint density at radius 1 is 1.12 bits per heavy atom. The Bertz CT molecular complexity index is 714. The summed E-state index contributed by atoms with van der Waals surface area (Å²) in [4.78, 5) is 16.3. The molecule has 0 saturated carbocycles. The number of amidine groups is 1. The Balaban J connectivity index is 1.67. The number of nitrogens with one attached hydrogen (secondary N) is 2. The predicted octanol–water partition coefficient (Wildman–Crippen LogP) is 2.59. The first-order valence-corrected chi connectivity index (χ1v) is 10.5. The molecule has 1 heterocycles. The molecule has 138 valence electrons. The number of rotatable bonds is 10. The molecule has 6 nitrogen and oxygen atoms in total. The Labute approximate surface area is 150 Å². The maximum Gasteiger partial charge on any atom is 0.263 e. The molecular formula is C18H27N3O3S. The Morgan fingerprint density at radius 2 is 1.92 bits per heavy atom. The van der Waals surface area contributed by atoms with E-state index in [9.17, 15) is 13.2 Å². The molecule has 2 rings (SSSR count). The highest BCUT2D eigenvalue weighted by Crippen LogP contribution is 2.22. The van der Waals surface area contributed by atoms with Crippen LogP contribution in [0.15, 0.2) is 34.2 Å². The molecule has 0 saturated heterocycles. The average Bonchev–Trinajstić information content (AvgIpc) is 2.86. The fourth-order valence-electron chi connectivity index (χ4n) is 2.71. The highest BCUT2D eigenvalue weighted by molar-refractivity contribution is 7.90. The third-order valence-corrected chi connectivity index (χ3v) is 5.49. The van der Waals surface area contributed by atoms with E-state index < -0.39 is 10.0 Å². The van der Waals surface area contributed by atoms with Gasteiger partial charge >= 0.3 is 0 Å². The van der Waals surface area contributed by atoms with Crippen LogP contribution in [0.25, 0.3) is 0 Å². The molecule has 7 heteroatoms. The zero-order valence-electron chi connectivity index (χ0n) is 14.8. The molecule has 1 aromatic carbocycles. The number of aliphatic imine (C=N–C) groups is 1. The molecule has 0 spiro atoms. The average molecular weight is 365 g/mol. The first kappa shape index (κ1) is 19.4. The summed E-state index contributed by atoms with van der Waals surface area (Å²) >= 11 is 0. The number of hydrogen-bond acceptors (Lipinski definition) is 4. The van der Waals surface area contributed by atoms with Gasteiger partial charge in [0.1, 0.15) is 5.84 Å². The monoisotopic (exact) mass is 365 g/mol. The molecule has 0 aromatic heterocycles. The van der Waals surface area contributed by atoms with Gasteiger partial charge in [0.05, 0.1) is 4.90 Å². The van der Waals surface area contributed by atoms with Gasteiger partial charge in [-0.2, -0.15) is 0 Å². The van der Waals surface area contributed by atoms with Crippen molar-refractivity contribution < 1.29 is 13.2 Å². The molecule has 2 N–H and O–H groups in total. The predicted molar refractivity (Wildman–Crippen MR) is 99.2 cm³/mol. The van der Waals surface area contributed by atoms with E-state index in [4.69, 9.17) is 0 Å². The van der Waals surface area contributed by atoms with Gasteiger partial charge in [0, 0.05) is 25.1 Å². The van der Waals surface area contributed by atoms with Crippen LogP contribution < -0.4 is 10.0 Å². The zero-order valence-corrected chi connectivity index (χ0v) is 15.6. The molecule has 1 amide bonds. The van der Waals surface area contributed by atoms with E-state index in [1.165, 1.54) is 0 Å². The van der Waals surface area contributed by atoms with Crippen molar-refractivity contribution in [3.63, 3.8) is 0 Å². The first-order chi connectivity index (χ1) is 12.0. The maximum atomic E-state index is 12.0. The van der Waals surface area contributed by atoms with Gasteiger partial charge in [-0.05, 0) is 31.4 Å². The van der Waals surface area contributed by atoms with E-state index in [-0.39, 0.29) is 10.8 Å². The lowest BCUT2D eigenvalue weighted by Crippen LogP contribution is -2.24. The molecule has 0 fully saturated rings. The van der Waals surface area contributed by atoms with E-state index in [1.807, 2.05) is 0 Å². The standard InChI is InChI=1S/C18H27N3O3S/c1-2-3-8-13-19-17(22)12-5-4-9-14-20-18-15-10-6-7-11-16(15)25(23,24)21-18/h6-7,10-11H,2-5,8-9,12-14H2,1H3,(H,19,22)(H,20,21). The number of sulfonamides is 1. The van der Waals surface area contributed by atoms with E-state index in [0.29, 0.717) is 24.4 Å². The molecule has 0 aliphatic carbocycles. The van der Waals surface area contributed by atoms with Crippen molar-refractivity contribution in [1.82, 2.24) is 10.0 Å². The van der Waals surface area contributed by atoms with Gasteiger partial charge < -0.3 is 5.32 Å². The summed E-state index contributed by atoms with van der Waals surface area (Å²) in [5, 5.41) is 2.93. The van der Waals surface area contributed by atoms with Gasteiger partial charge in [0.15, 0.2) is 0 Å². The molecule has 0 unspecified atom stereocenters. The van der Waals surface area contributed by atoms with Gasteiger partial charge in [-0.3, -0.25) is 14.5 Å². The quantitative estimate of drug-likeness (QED) is 0.625. The van der Waals surface area contributed by atoms with Crippen molar-refractivity contribution in [2.75, 3.05) is 13.1 Å². The van der Waals surface area contributed by atoms with Crippen molar-refractivity contribution in [2.24, 2.45) is 4.99 Å². The third-order valence-electron chi connectivity index (χ3n) is 4.10. The Morgan fingerprint density at radius 3 is 2.72 bits per heavy atom. The number of amides is 1. The van der Waals surface area contributed by atoms with Gasteiger partial charge in [0.2, 0.25) is 5.91 Å². The van der Waals surface area contributed by atoms with E-state index in [0.717, 1.165) is 45.1 Å². The van der Waals surface area contributed by atoms with Crippen LogP contribution in [0.5, 0.6) is 0 Å². The van der Waals surface area contributed by atoms with Gasteiger partial charge in [-0.25, -0.2) is 8.42 Å². The van der Waals surface area contributed by atoms with Crippen LogP contribution in [0.2, 0.25) is 0 Å². The second-order valence-electron chi connectivity index (χ2n) is 6.20. The molecule has 0 atom stereocenters. The van der Waals surface area contributed by atoms with Crippen LogP contribution in [0.1, 0.15) is 57.4 Å².